The van der Waals surface area contributed by atoms with E-state index in [9.17, 15) is 0 Å². The highest BCUT2D eigenvalue weighted by Gasteiger charge is 2.40. The van der Waals surface area contributed by atoms with Crippen LogP contribution < -0.4 is 4.90 Å². The summed E-state index contributed by atoms with van der Waals surface area (Å²) in [5.41, 5.74) is 13.4. The maximum Gasteiger partial charge on any atom is 0.159 e. The van der Waals surface area contributed by atoms with Crippen molar-refractivity contribution in [3.8, 4) is 22.3 Å². The molecular weight excluding hydrogens is 703 g/mol. The van der Waals surface area contributed by atoms with Gasteiger partial charge in [-0.3, -0.25) is 0 Å². The van der Waals surface area contributed by atoms with Crippen molar-refractivity contribution >= 4 is 71.3 Å². The highest BCUT2D eigenvalue weighted by Crippen LogP contribution is 2.53. The SMILES string of the molecule is CC1(c2ccc3c(c2)oc2c(N(c4ccc(-c5ccccc5)cc4)c4ccc5c6ccccc6c6ccccc6c5c4)cccc23)c2ccccc2-c2ccccc21. The first-order valence-corrected chi connectivity index (χ1v) is 20.1. The minimum Gasteiger partial charge on any atom is -0.454 e. The number of rotatable bonds is 5. The van der Waals surface area contributed by atoms with Crippen LogP contribution in [0.5, 0.6) is 0 Å². The Morgan fingerprint density at radius 3 is 1.57 bits per heavy atom. The topological polar surface area (TPSA) is 16.4 Å². The van der Waals surface area contributed by atoms with Crippen molar-refractivity contribution in [1.82, 2.24) is 0 Å². The van der Waals surface area contributed by atoms with Crippen LogP contribution in [0, 0.1) is 0 Å². The molecule has 11 aromatic rings. The number of fused-ring (bicyclic) bond motifs is 12. The van der Waals surface area contributed by atoms with Gasteiger partial charge in [-0.05, 0) is 115 Å². The van der Waals surface area contributed by atoms with Crippen LogP contribution in [0.4, 0.5) is 17.1 Å². The van der Waals surface area contributed by atoms with Crippen molar-refractivity contribution < 1.29 is 4.42 Å². The molecule has 272 valence electrons. The molecule has 1 aromatic heterocycles. The predicted molar refractivity (Wildman–Crippen MR) is 244 cm³/mol. The minimum absolute atomic E-state index is 0.312. The number of para-hydroxylation sites is 1. The van der Waals surface area contributed by atoms with Crippen LogP contribution in [-0.2, 0) is 5.41 Å². The molecule has 0 atom stereocenters. The average molecular weight is 740 g/mol. The lowest BCUT2D eigenvalue weighted by Gasteiger charge is -2.28. The number of anilines is 3. The van der Waals surface area contributed by atoms with Gasteiger partial charge in [-0.2, -0.15) is 0 Å². The molecule has 0 N–H and O–H groups in total. The van der Waals surface area contributed by atoms with Gasteiger partial charge in [-0.15, -0.1) is 0 Å². The minimum atomic E-state index is -0.312. The van der Waals surface area contributed by atoms with Crippen LogP contribution in [0.15, 0.2) is 211 Å². The van der Waals surface area contributed by atoms with Crippen molar-refractivity contribution in [3.05, 3.63) is 223 Å². The van der Waals surface area contributed by atoms with Gasteiger partial charge in [-0.1, -0.05) is 170 Å². The van der Waals surface area contributed by atoms with Crippen molar-refractivity contribution in [2.75, 3.05) is 4.90 Å². The van der Waals surface area contributed by atoms with Crippen LogP contribution in [0.3, 0.4) is 0 Å². The second-order valence-corrected chi connectivity index (χ2v) is 15.8. The normalized spacial score (nSPS) is 13.1. The van der Waals surface area contributed by atoms with E-state index in [0.29, 0.717) is 0 Å². The third-order valence-electron chi connectivity index (χ3n) is 12.7. The number of hydrogen-bond acceptors (Lipinski definition) is 2. The fourth-order valence-corrected chi connectivity index (χ4v) is 9.93. The van der Waals surface area contributed by atoms with Gasteiger partial charge in [-0.25, -0.2) is 0 Å². The van der Waals surface area contributed by atoms with E-state index in [0.717, 1.165) is 39.0 Å². The van der Waals surface area contributed by atoms with Gasteiger partial charge in [0.15, 0.2) is 5.58 Å². The summed E-state index contributed by atoms with van der Waals surface area (Å²) in [6, 6.07) is 75.1. The Labute approximate surface area is 336 Å². The van der Waals surface area contributed by atoms with Crippen LogP contribution in [0.1, 0.15) is 23.6 Å². The molecule has 0 saturated heterocycles. The van der Waals surface area contributed by atoms with Gasteiger partial charge >= 0.3 is 0 Å². The first kappa shape index (κ1) is 32.8. The fraction of sp³-hybridized carbons (Fsp3) is 0.0357. The standard InChI is InChI=1S/C56H37NO/c1-56(51-23-11-9-20-46(51)47-21-10-12-24-52(47)56)38-28-32-48-49-22-13-25-53(55(49)58-54(48)34-38)57(39-29-26-37(27-30-39)36-14-3-2-4-15-36)40-31-33-45-43-18-6-5-16-41(43)42-17-7-8-19-44(42)50(45)35-40/h2-35H,1H3. The molecule has 0 fully saturated rings. The highest BCUT2D eigenvalue weighted by molar-refractivity contribution is 6.26. The third kappa shape index (κ3) is 4.72. The van der Waals surface area contributed by atoms with E-state index in [-0.39, 0.29) is 5.41 Å². The number of nitrogens with zero attached hydrogens (tertiary/aromatic N) is 1. The Kier molecular flexibility index (Phi) is 7.09. The molecule has 10 aromatic carbocycles. The summed E-state index contributed by atoms with van der Waals surface area (Å²) in [6.07, 6.45) is 0. The monoisotopic (exact) mass is 739 g/mol. The Hall–Kier alpha value is -7.42. The number of furan rings is 1. The van der Waals surface area contributed by atoms with E-state index in [4.69, 9.17) is 4.42 Å². The van der Waals surface area contributed by atoms with Crippen LogP contribution in [-0.4, -0.2) is 0 Å². The zero-order valence-corrected chi connectivity index (χ0v) is 32.0. The Morgan fingerprint density at radius 2 is 0.897 bits per heavy atom. The first-order valence-electron chi connectivity index (χ1n) is 20.1. The van der Waals surface area contributed by atoms with Gasteiger partial charge in [0.05, 0.1) is 5.69 Å². The summed E-state index contributed by atoms with van der Waals surface area (Å²) in [7, 11) is 0. The van der Waals surface area contributed by atoms with Gasteiger partial charge < -0.3 is 9.32 Å². The molecule has 2 nitrogen and oxygen atoms in total. The van der Waals surface area contributed by atoms with E-state index >= 15 is 0 Å². The molecule has 58 heavy (non-hydrogen) atoms. The summed E-state index contributed by atoms with van der Waals surface area (Å²) < 4.78 is 7.10. The second kappa shape index (κ2) is 12.5. The fourth-order valence-electron chi connectivity index (χ4n) is 9.93. The van der Waals surface area contributed by atoms with Gasteiger partial charge in [0.1, 0.15) is 5.58 Å². The van der Waals surface area contributed by atoms with Gasteiger partial charge in [0.2, 0.25) is 0 Å². The Balaban J connectivity index is 1.07. The molecule has 0 spiro atoms. The zero-order valence-electron chi connectivity index (χ0n) is 32.0. The predicted octanol–water partition coefficient (Wildman–Crippen LogP) is 15.5. The van der Waals surface area contributed by atoms with Crippen molar-refractivity contribution in [1.29, 1.82) is 0 Å². The lowest BCUT2D eigenvalue weighted by molar-refractivity contribution is 0.662. The molecule has 0 unspecified atom stereocenters. The molecular formula is C56H37NO. The van der Waals surface area contributed by atoms with E-state index in [1.54, 1.807) is 0 Å². The van der Waals surface area contributed by atoms with Crippen molar-refractivity contribution in [3.63, 3.8) is 0 Å². The van der Waals surface area contributed by atoms with Crippen molar-refractivity contribution in [2.45, 2.75) is 12.3 Å². The summed E-state index contributed by atoms with van der Waals surface area (Å²) in [5.74, 6) is 0. The summed E-state index contributed by atoms with van der Waals surface area (Å²) in [5, 5.41) is 9.72. The van der Waals surface area contributed by atoms with Gasteiger partial charge in [0.25, 0.3) is 0 Å². The molecule has 12 rings (SSSR count). The first-order chi connectivity index (χ1) is 28.6. The van der Waals surface area contributed by atoms with Crippen LogP contribution in [0.2, 0.25) is 0 Å². The van der Waals surface area contributed by atoms with E-state index in [2.05, 4.69) is 218 Å². The number of hydrogen-bond donors (Lipinski definition) is 0. The quantitative estimate of drug-likeness (QED) is 0.163. The Morgan fingerprint density at radius 1 is 0.379 bits per heavy atom. The largest absolute Gasteiger partial charge is 0.454 e. The van der Waals surface area contributed by atoms with Gasteiger partial charge in [0, 0.05) is 27.6 Å². The Bertz CT molecular complexity index is 3330. The van der Waals surface area contributed by atoms with Crippen LogP contribution in [0.25, 0.3) is 76.5 Å². The maximum atomic E-state index is 7.10. The van der Waals surface area contributed by atoms with E-state index in [1.165, 1.54) is 71.3 Å². The molecule has 2 heteroatoms. The third-order valence-corrected chi connectivity index (χ3v) is 12.7. The summed E-state index contributed by atoms with van der Waals surface area (Å²) >= 11 is 0. The van der Waals surface area contributed by atoms with E-state index < -0.39 is 0 Å². The highest BCUT2D eigenvalue weighted by atomic mass is 16.3. The molecule has 0 aliphatic heterocycles. The lowest BCUT2D eigenvalue weighted by atomic mass is 9.74. The molecule has 0 saturated carbocycles. The summed E-state index contributed by atoms with van der Waals surface area (Å²) in [4.78, 5) is 2.37. The summed E-state index contributed by atoms with van der Waals surface area (Å²) in [6.45, 7) is 2.36. The average Bonchev–Trinajstić information content (AvgIpc) is 3.80. The molecule has 0 bridgehead atoms. The number of benzene rings is 10. The second-order valence-electron chi connectivity index (χ2n) is 15.8. The molecule has 1 heterocycles. The van der Waals surface area contributed by atoms with Crippen molar-refractivity contribution in [2.24, 2.45) is 0 Å². The van der Waals surface area contributed by atoms with Crippen LogP contribution >= 0.6 is 0 Å². The lowest BCUT2D eigenvalue weighted by Crippen LogP contribution is -2.22. The smallest absolute Gasteiger partial charge is 0.159 e. The molecule has 0 amide bonds. The van der Waals surface area contributed by atoms with E-state index in [1.807, 2.05) is 0 Å². The molecule has 1 aliphatic rings. The maximum absolute atomic E-state index is 7.10. The molecule has 1 aliphatic carbocycles. The molecule has 0 radical (unpaired) electrons. The zero-order chi connectivity index (χ0) is 38.4.